The lowest BCUT2D eigenvalue weighted by Crippen LogP contribution is -2.41. The second-order valence-corrected chi connectivity index (χ2v) is 7.56. The van der Waals surface area contributed by atoms with Crippen molar-refractivity contribution in [3.8, 4) is 0 Å². The largest absolute Gasteiger partial charge is 0.325 e. The zero-order valence-electron chi connectivity index (χ0n) is 16.1. The van der Waals surface area contributed by atoms with Crippen LogP contribution in [0.3, 0.4) is 0 Å². The molecule has 152 valence electrons. The van der Waals surface area contributed by atoms with Crippen LogP contribution in [-0.4, -0.2) is 40.1 Å². The molecule has 0 radical (unpaired) electrons. The van der Waals surface area contributed by atoms with Crippen molar-refractivity contribution in [2.75, 3.05) is 17.6 Å². The molecule has 1 aliphatic heterocycles. The summed E-state index contributed by atoms with van der Waals surface area (Å²) in [6.07, 6.45) is 6.33. The summed E-state index contributed by atoms with van der Waals surface area (Å²) in [7, 11) is 0. The Hall–Kier alpha value is -2.22. The van der Waals surface area contributed by atoms with Gasteiger partial charge in [0.1, 0.15) is 12.2 Å². The number of hydrogen-bond acceptors (Lipinski definition) is 4. The van der Waals surface area contributed by atoms with Gasteiger partial charge < -0.3 is 5.32 Å². The number of unbranched alkanes of at least 4 members (excludes halogenated alkanes) is 5. The number of amides is 3. The van der Waals surface area contributed by atoms with Gasteiger partial charge in [0.05, 0.1) is 5.75 Å². The molecule has 0 saturated carbocycles. The lowest BCUT2D eigenvalue weighted by atomic mass is 10.1. The average molecular weight is 408 g/mol. The van der Waals surface area contributed by atoms with Crippen molar-refractivity contribution in [1.29, 1.82) is 0 Å². The molecule has 0 saturated heterocycles. The van der Waals surface area contributed by atoms with E-state index in [0.717, 1.165) is 31.0 Å². The van der Waals surface area contributed by atoms with Crippen LogP contribution in [-0.2, 0) is 14.4 Å². The highest BCUT2D eigenvalue weighted by Gasteiger charge is 2.28. The van der Waals surface area contributed by atoms with Gasteiger partial charge in [-0.25, -0.2) is 4.39 Å². The lowest BCUT2D eigenvalue weighted by molar-refractivity contribution is -0.133. The molecule has 8 heteroatoms. The van der Waals surface area contributed by atoms with Crippen LogP contribution < -0.4 is 5.32 Å². The van der Waals surface area contributed by atoms with E-state index < -0.39 is 5.91 Å². The van der Waals surface area contributed by atoms with Crippen LogP contribution in [0.5, 0.6) is 0 Å². The Labute approximate surface area is 169 Å². The van der Waals surface area contributed by atoms with E-state index in [-0.39, 0.29) is 35.0 Å². The van der Waals surface area contributed by atoms with Crippen molar-refractivity contribution in [2.24, 2.45) is 4.99 Å². The molecule has 1 heterocycles. The fraction of sp³-hybridized carbons (Fsp3) is 0.500. The van der Waals surface area contributed by atoms with Crippen LogP contribution in [0.4, 0.5) is 10.1 Å². The molecular weight excluding hydrogens is 381 g/mol. The summed E-state index contributed by atoms with van der Waals surface area (Å²) >= 11 is 1.06. The Balaban J connectivity index is 1.85. The predicted molar refractivity (Wildman–Crippen MR) is 110 cm³/mol. The fourth-order valence-electron chi connectivity index (χ4n) is 2.78. The average Bonchev–Trinajstić information content (AvgIpc) is 2.66. The van der Waals surface area contributed by atoms with Crippen molar-refractivity contribution >= 4 is 40.3 Å². The maximum absolute atomic E-state index is 12.9. The highest BCUT2D eigenvalue weighted by molar-refractivity contribution is 8.14. The van der Waals surface area contributed by atoms with Crippen LogP contribution in [0, 0.1) is 5.82 Å². The molecule has 0 spiro atoms. The van der Waals surface area contributed by atoms with E-state index >= 15 is 0 Å². The summed E-state index contributed by atoms with van der Waals surface area (Å²) in [6.45, 7) is 2.67. The normalized spacial score (nSPS) is 14.2. The quantitative estimate of drug-likeness (QED) is 0.470. The number of benzene rings is 1. The molecule has 1 N–H and O–H groups in total. The summed E-state index contributed by atoms with van der Waals surface area (Å²) in [5, 5.41) is 2.93. The minimum atomic E-state index is -0.481. The van der Waals surface area contributed by atoms with Crippen LogP contribution in [0.1, 0.15) is 51.9 Å². The SMILES string of the molecule is CCCCCCCCN1C(=O)CC(=O)N=C1SCC(=O)Nc1ccc(F)cc1. The molecule has 6 nitrogen and oxygen atoms in total. The fourth-order valence-corrected chi connectivity index (χ4v) is 3.63. The molecule has 0 aliphatic carbocycles. The van der Waals surface area contributed by atoms with Gasteiger partial charge in [-0.05, 0) is 30.7 Å². The van der Waals surface area contributed by atoms with Crippen molar-refractivity contribution in [3.05, 3.63) is 30.1 Å². The van der Waals surface area contributed by atoms with Crippen molar-refractivity contribution in [1.82, 2.24) is 4.90 Å². The van der Waals surface area contributed by atoms with Gasteiger partial charge in [-0.15, -0.1) is 0 Å². The highest BCUT2D eigenvalue weighted by atomic mass is 32.2. The maximum Gasteiger partial charge on any atom is 0.257 e. The second-order valence-electron chi connectivity index (χ2n) is 6.62. The van der Waals surface area contributed by atoms with Crippen LogP contribution >= 0.6 is 11.8 Å². The molecule has 1 aromatic carbocycles. The Morgan fingerprint density at radius 1 is 1.14 bits per heavy atom. The smallest absolute Gasteiger partial charge is 0.257 e. The van der Waals surface area contributed by atoms with E-state index in [9.17, 15) is 18.8 Å². The maximum atomic E-state index is 12.9. The minimum Gasteiger partial charge on any atom is -0.325 e. The number of thioether (sulfide) groups is 1. The molecule has 0 fully saturated rings. The molecule has 1 aromatic rings. The number of carbonyl (C=O) groups is 3. The number of carbonyl (C=O) groups excluding carboxylic acids is 3. The van der Waals surface area contributed by atoms with E-state index in [2.05, 4.69) is 17.2 Å². The summed E-state index contributed by atoms with van der Waals surface area (Å²) in [6, 6.07) is 5.45. The van der Waals surface area contributed by atoms with Crippen molar-refractivity contribution < 1.29 is 18.8 Å². The number of amidine groups is 1. The summed E-state index contributed by atoms with van der Waals surface area (Å²) in [5.74, 6) is -1.44. The topological polar surface area (TPSA) is 78.8 Å². The first kappa shape index (κ1) is 22.1. The van der Waals surface area contributed by atoms with E-state index in [1.165, 1.54) is 48.4 Å². The Morgan fingerprint density at radius 2 is 1.82 bits per heavy atom. The van der Waals surface area contributed by atoms with E-state index in [0.29, 0.717) is 12.2 Å². The van der Waals surface area contributed by atoms with Gasteiger partial charge in [0, 0.05) is 12.2 Å². The molecule has 0 atom stereocenters. The first-order valence-corrected chi connectivity index (χ1v) is 10.6. The highest BCUT2D eigenvalue weighted by Crippen LogP contribution is 2.18. The van der Waals surface area contributed by atoms with Crippen LogP contribution in [0.25, 0.3) is 0 Å². The van der Waals surface area contributed by atoms with Crippen LogP contribution in [0.15, 0.2) is 29.3 Å². The number of nitrogens with zero attached hydrogens (tertiary/aromatic N) is 2. The number of anilines is 1. The van der Waals surface area contributed by atoms with Crippen molar-refractivity contribution in [3.63, 3.8) is 0 Å². The standard InChI is InChI=1S/C20H26FN3O3S/c1-2-3-4-5-6-7-12-24-19(27)13-17(25)23-20(24)28-14-18(26)22-16-10-8-15(21)9-11-16/h8-11H,2-7,12-14H2,1H3,(H,22,26). The van der Waals surface area contributed by atoms with E-state index in [1.54, 1.807) is 0 Å². The van der Waals surface area contributed by atoms with Gasteiger partial charge in [0.25, 0.3) is 5.91 Å². The monoisotopic (exact) mass is 407 g/mol. The third-order valence-electron chi connectivity index (χ3n) is 4.25. The zero-order chi connectivity index (χ0) is 20.4. The second kappa shape index (κ2) is 11.6. The van der Waals surface area contributed by atoms with Crippen LogP contribution in [0.2, 0.25) is 0 Å². The number of hydrogen-bond donors (Lipinski definition) is 1. The molecule has 3 amide bonds. The third kappa shape index (κ3) is 7.42. The number of rotatable bonds is 10. The van der Waals surface area contributed by atoms with Gasteiger partial charge in [0.15, 0.2) is 5.17 Å². The lowest BCUT2D eigenvalue weighted by Gasteiger charge is -2.26. The van der Waals surface area contributed by atoms with E-state index in [1.807, 2.05) is 0 Å². The Morgan fingerprint density at radius 3 is 2.54 bits per heavy atom. The van der Waals surface area contributed by atoms with E-state index in [4.69, 9.17) is 0 Å². The molecular formula is C20H26FN3O3S. The predicted octanol–water partition coefficient (Wildman–Crippen LogP) is 3.97. The van der Waals surface area contributed by atoms with Gasteiger partial charge in [-0.3, -0.25) is 19.3 Å². The number of halogens is 1. The molecule has 0 unspecified atom stereocenters. The Bertz CT molecular complexity index is 722. The van der Waals surface area contributed by atoms with Gasteiger partial charge in [0.2, 0.25) is 11.8 Å². The first-order valence-electron chi connectivity index (χ1n) is 9.59. The molecule has 0 bridgehead atoms. The minimum absolute atomic E-state index is 0.00374. The van der Waals surface area contributed by atoms with Gasteiger partial charge in [-0.2, -0.15) is 4.99 Å². The summed E-state index contributed by atoms with van der Waals surface area (Å²) in [4.78, 5) is 41.4. The number of aliphatic imine (C=N–C) groups is 1. The zero-order valence-corrected chi connectivity index (χ0v) is 16.9. The van der Waals surface area contributed by atoms with Crippen molar-refractivity contribution in [2.45, 2.75) is 51.9 Å². The number of nitrogens with one attached hydrogen (secondary N) is 1. The molecule has 1 aliphatic rings. The third-order valence-corrected chi connectivity index (χ3v) is 5.23. The molecule has 2 rings (SSSR count). The summed E-state index contributed by atoms with van der Waals surface area (Å²) in [5.41, 5.74) is 0.480. The van der Waals surface area contributed by atoms with Gasteiger partial charge in [-0.1, -0.05) is 50.8 Å². The molecule has 0 aromatic heterocycles. The van der Waals surface area contributed by atoms with Gasteiger partial charge >= 0.3 is 0 Å². The summed E-state index contributed by atoms with van der Waals surface area (Å²) < 4.78 is 12.9. The molecule has 28 heavy (non-hydrogen) atoms. The Kier molecular flexibility index (Phi) is 9.13. The first-order chi connectivity index (χ1) is 13.5.